The number of nitrogens with two attached hydrogens (primary N) is 1. The third-order valence-corrected chi connectivity index (χ3v) is 3.39. The summed E-state index contributed by atoms with van der Waals surface area (Å²) in [6.07, 6.45) is 3.46. The van der Waals surface area contributed by atoms with Crippen LogP contribution in [-0.4, -0.2) is 35.3 Å². The Bertz CT molecular complexity index is 466. The molecule has 6 heteroatoms. The Morgan fingerprint density at radius 3 is 2.90 bits per heavy atom. The van der Waals surface area contributed by atoms with Crippen LogP contribution in [0, 0.1) is 12.8 Å². The van der Waals surface area contributed by atoms with E-state index in [9.17, 15) is 4.79 Å². The molecule has 0 aromatic carbocycles. The number of hydrogen-bond donors (Lipinski definition) is 1. The molecule has 1 aliphatic carbocycles. The Labute approximate surface area is 119 Å². The molecule has 0 spiro atoms. The van der Waals surface area contributed by atoms with Gasteiger partial charge in [-0.1, -0.05) is 0 Å². The molecule has 2 N–H and O–H groups in total. The number of nitrogen functional groups attached to an aromatic ring is 1. The first kappa shape index (κ1) is 14.8. The van der Waals surface area contributed by atoms with Gasteiger partial charge in [0.05, 0.1) is 6.61 Å². The highest BCUT2D eigenvalue weighted by atomic mass is 16.5. The maximum absolute atomic E-state index is 11.7. The van der Waals surface area contributed by atoms with Crippen LogP contribution in [0.4, 0.5) is 5.82 Å². The van der Waals surface area contributed by atoms with Crippen LogP contribution in [0.15, 0.2) is 0 Å². The SMILES string of the molecule is CCOC(=O)c1nc(C)n(CCCOCC2CC2)c1N. The molecule has 0 amide bonds. The maximum Gasteiger partial charge on any atom is 0.360 e. The van der Waals surface area contributed by atoms with Gasteiger partial charge in [-0.2, -0.15) is 0 Å². The van der Waals surface area contributed by atoms with Crippen molar-refractivity contribution in [3.63, 3.8) is 0 Å². The van der Waals surface area contributed by atoms with E-state index in [2.05, 4.69) is 4.98 Å². The summed E-state index contributed by atoms with van der Waals surface area (Å²) in [6.45, 7) is 6.20. The summed E-state index contributed by atoms with van der Waals surface area (Å²) in [5.41, 5.74) is 6.18. The largest absolute Gasteiger partial charge is 0.461 e. The number of anilines is 1. The minimum absolute atomic E-state index is 0.211. The number of ether oxygens (including phenoxy) is 2. The Hall–Kier alpha value is -1.56. The van der Waals surface area contributed by atoms with Gasteiger partial charge in [0.15, 0.2) is 5.69 Å². The number of aromatic nitrogens is 2. The topological polar surface area (TPSA) is 79.4 Å². The average Bonchev–Trinajstić information content (AvgIpc) is 3.19. The van der Waals surface area contributed by atoms with Crippen LogP contribution in [0.1, 0.15) is 42.5 Å². The fourth-order valence-electron chi connectivity index (χ4n) is 2.07. The second kappa shape index (κ2) is 6.74. The highest BCUT2D eigenvalue weighted by Gasteiger charge is 2.21. The minimum atomic E-state index is -0.461. The maximum atomic E-state index is 11.7. The number of rotatable bonds is 8. The van der Waals surface area contributed by atoms with Crippen molar-refractivity contribution in [2.24, 2.45) is 5.92 Å². The van der Waals surface area contributed by atoms with E-state index in [1.807, 2.05) is 11.5 Å². The number of esters is 1. The molecule has 1 aliphatic rings. The van der Waals surface area contributed by atoms with Crippen molar-refractivity contribution in [1.82, 2.24) is 9.55 Å². The van der Waals surface area contributed by atoms with E-state index in [0.717, 1.165) is 24.8 Å². The fraction of sp³-hybridized carbons (Fsp3) is 0.714. The van der Waals surface area contributed by atoms with Crippen LogP contribution in [0.25, 0.3) is 0 Å². The van der Waals surface area contributed by atoms with Gasteiger partial charge in [-0.25, -0.2) is 9.78 Å². The Morgan fingerprint density at radius 1 is 1.50 bits per heavy atom. The molecule has 1 aromatic heterocycles. The van der Waals surface area contributed by atoms with Gasteiger partial charge >= 0.3 is 5.97 Å². The molecular formula is C14H23N3O3. The lowest BCUT2D eigenvalue weighted by Crippen LogP contribution is -2.11. The molecule has 20 heavy (non-hydrogen) atoms. The van der Waals surface area contributed by atoms with Gasteiger partial charge in [-0.3, -0.25) is 0 Å². The summed E-state index contributed by atoms with van der Waals surface area (Å²) in [4.78, 5) is 15.9. The van der Waals surface area contributed by atoms with E-state index < -0.39 is 5.97 Å². The van der Waals surface area contributed by atoms with Crippen LogP contribution in [-0.2, 0) is 16.0 Å². The van der Waals surface area contributed by atoms with Gasteiger partial charge in [-0.15, -0.1) is 0 Å². The quantitative estimate of drug-likeness (QED) is 0.580. The smallest absolute Gasteiger partial charge is 0.360 e. The second-order valence-electron chi connectivity index (χ2n) is 5.14. The van der Waals surface area contributed by atoms with E-state index in [1.165, 1.54) is 12.8 Å². The van der Waals surface area contributed by atoms with Crippen LogP contribution in [0.3, 0.4) is 0 Å². The van der Waals surface area contributed by atoms with E-state index in [4.69, 9.17) is 15.2 Å². The molecule has 1 saturated carbocycles. The van der Waals surface area contributed by atoms with Crippen molar-refractivity contribution in [3.05, 3.63) is 11.5 Å². The second-order valence-corrected chi connectivity index (χ2v) is 5.14. The normalized spacial score (nSPS) is 14.5. The predicted molar refractivity (Wildman–Crippen MR) is 75.5 cm³/mol. The van der Waals surface area contributed by atoms with Gasteiger partial charge < -0.3 is 19.8 Å². The summed E-state index contributed by atoms with van der Waals surface area (Å²) in [5, 5.41) is 0. The van der Waals surface area contributed by atoms with Crippen molar-refractivity contribution < 1.29 is 14.3 Å². The van der Waals surface area contributed by atoms with Gasteiger partial charge in [0.25, 0.3) is 0 Å². The Kier molecular flexibility index (Phi) is 5.00. The zero-order chi connectivity index (χ0) is 14.5. The molecule has 2 rings (SSSR count). The molecule has 1 aromatic rings. The van der Waals surface area contributed by atoms with Gasteiger partial charge in [0, 0.05) is 19.8 Å². The lowest BCUT2D eigenvalue weighted by molar-refractivity contribution is 0.0521. The summed E-state index contributed by atoms with van der Waals surface area (Å²) >= 11 is 0. The lowest BCUT2D eigenvalue weighted by Gasteiger charge is -2.08. The van der Waals surface area contributed by atoms with E-state index in [1.54, 1.807) is 6.92 Å². The molecule has 1 heterocycles. The number of aryl methyl sites for hydroxylation is 1. The number of carbonyl (C=O) groups excluding carboxylic acids is 1. The molecule has 112 valence electrons. The molecule has 0 unspecified atom stereocenters. The molecule has 0 radical (unpaired) electrons. The standard InChI is InChI=1S/C14H23N3O3/c1-3-20-14(18)12-13(15)17(10(2)16-12)7-4-8-19-9-11-5-6-11/h11H,3-9,15H2,1-2H3. The summed E-state index contributed by atoms with van der Waals surface area (Å²) in [7, 11) is 0. The Balaban J connectivity index is 1.84. The van der Waals surface area contributed by atoms with Crippen LogP contribution < -0.4 is 5.73 Å². The monoisotopic (exact) mass is 281 g/mol. The molecule has 0 bridgehead atoms. The highest BCUT2D eigenvalue weighted by molar-refractivity contribution is 5.92. The van der Waals surface area contributed by atoms with Crippen LogP contribution in [0.2, 0.25) is 0 Å². The predicted octanol–water partition coefficient (Wildman–Crippen LogP) is 1.77. The summed E-state index contributed by atoms with van der Waals surface area (Å²) in [6, 6.07) is 0. The first-order chi connectivity index (χ1) is 9.63. The average molecular weight is 281 g/mol. The van der Waals surface area contributed by atoms with Crippen molar-refractivity contribution >= 4 is 11.8 Å². The van der Waals surface area contributed by atoms with Crippen molar-refractivity contribution in [2.45, 2.75) is 39.7 Å². The number of carbonyl (C=O) groups is 1. The molecule has 0 aliphatic heterocycles. The summed E-state index contributed by atoms with van der Waals surface area (Å²) < 4.78 is 12.4. The zero-order valence-corrected chi connectivity index (χ0v) is 12.2. The zero-order valence-electron chi connectivity index (χ0n) is 12.2. The van der Waals surface area contributed by atoms with Crippen molar-refractivity contribution in [3.8, 4) is 0 Å². The highest BCUT2D eigenvalue weighted by Crippen LogP contribution is 2.28. The van der Waals surface area contributed by atoms with E-state index >= 15 is 0 Å². The molecular weight excluding hydrogens is 258 g/mol. The molecule has 1 fully saturated rings. The van der Waals surface area contributed by atoms with Crippen molar-refractivity contribution in [1.29, 1.82) is 0 Å². The minimum Gasteiger partial charge on any atom is -0.461 e. The molecule has 6 nitrogen and oxygen atoms in total. The number of hydrogen-bond acceptors (Lipinski definition) is 5. The van der Waals surface area contributed by atoms with Crippen molar-refractivity contribution in [2.75, 3.05) is 25.6 Å². The van der Waals surface area contributed by atoms with Crippen LogP contribution in [0.5, 0.6) is 0 Å². The summed E-state index contributed by atoms with van der Waals surface area (Å²) in [5.74, 6) is 1.43. The first-order valence-electron chi connectivity index (χ1n) is 7.21. The van der Waals surface area contributed by atoms with E-state index in [0.29, 0.717) is 25.6 Å². The van der Waals surface area contributed by atoms with Gasteiger partial charge in [-0.05, 0) is 39.0 Å². The fourth-order valence-corrected chi connectivity index (χ4v) is 2.07. The van der Waals surface area contributed by atoms with E-state index in [-0.39, 0.29) is 5.69 Å². The first-order valence-corrected chi connectivity index (χ1v) is 7.21. The van der Waals surface area contributed by atoms with Gasteiger partial charge in [0.1, 0.15) is 11.6 Å². The van der Waals surface area contributed by atoms with Crippen LogP contribution >= 0.6 is 0 Å². The number of imidazole rings is 1. The molecule has 0 atom stereocenters. The third-order valence-electron chi connectivity index (χ3n) is 3.39. The Morgan fingerprint density at radius 2 is 2.25 bits per heavy atom. The third kappa shape index (κ3) is 3.72. The number of nitrogens with zero attached hydrogens (tertiary/aromatic N) is 2. The molecule has 0 saturated heterocycles. The van der Waals surface area contributed by atoms with Gasteiger partial charge in [0.2, 0.25) is 0 Å². The lowest BCUT2D eigenvalue weighted by atomic mass is 10.4.